The zero-order valence-corrected chi connectivity index (χ0v) is 16.6. The van der Waals surface area contributed by atoms with Crippen molar-refractivity contribution in [3.63, 3.8) is 0 Å². The van der Waals surface area contributed by atoms with Gasteiger partial charge in [0.05, 0.1) is 0 Å². The van der Waals surface area contributed by atoms with Gasteiger partial charge < -0.3 is 10.1 Å². The first-order valence-corrected chi connectivity index (χ1v) is 10.0. The number of ether oxygens (including phenoxy) is 1. The number of hydrogen-bond donors (Lipinski definition) is 1. The van der Waals surface area contributed by atoms with E-state index in [2.05, 4.69) is 72.9 Å². The van der Waals surface area contributed by atoms with Crippen LogP contribution in [0, 0.1) is 6.92 Å². The van der Waals surface area contributed by atoms with Crippen LogP contribution in [0.4, 0.5) is 4.79 Å². The fourth-order valence-corrected chi connectivity index (χ4v) is 3.89. The maximum absolute atomic E-state index is 12.2. The van der Waals surface area contributed by atoms with E-state index < -0.39 is 0 Å². The molecule has 3 heteroatoms. The number of nitrogens with one attached hydrogen (secondary N) is 1. The van der Waals surface area contributed by atoms with Gasteiger partial charge in [0, 0.05) is 12.5 Å². The largest absolute Gasteiger partial charge is 0.449 e. The lowest BCUT2D eigenvalue weighted by Gasteiger charge is -2.14. The standard InChI is InChI=1S/C26H25NO2/c1-19-10-2-3-11-20(19)12-8-9-17-27-26(28)29-18-25-23-15-6-4-13-21(23)22-14-5-7-16-24(22)25/h2-8,10-16,25H,9,17-18H2,1H3,(H,27,28). The van der Waals surface area contributed by atoms with Crippen molar-refractivity contribution in [2.75, 3.05) is 13.2 Å². The van der Waals surface area contributed by atoms with E-state index >= 15 is 0 Å². The van der Waals surface area contributed by atoms with Crippen molar-refractivity contribution in [2.24, 2.45) is 0 Å². The summed E-state index contributed by atoms with van der Waals surface area (Å²) in [6.07, 6.45) is 4.57. The van der Waals surface area contributed by atoms with Crippen molar-refractivity contribution in [2.45, 2.75) is 19.3 Å². The van der Waals surface area contributed by atoms with Crippen molar-refractivity contribution in [1.82, 2.24) is 5.32 Å². The molecule has 146 valence electrons. The number of aryl methyl sites for hydroxylation is 1. The minimum Gasteiger partial charge on any atom is -0.449 e. The Morgan fingerprint density at radius 3 is 2.24 bits per heavy atom. The Morgan fingerprint density at radius 1 is 0.931 bits per heavy atom. The molecule has 3 aromatic rings. The third kappa shape index (κ3) is 4.24. The first-order valence-electron chi connectivity index (χ1n) is 10.0. The smallest absolute Gasteiger partial charge is 0.407 e. The van der Waals surface area contributed by atoms with Gasteiger partial charge in [-0.1, -0.05) is 84.9 Å². The molecule has 3 nitrogen and oxygen atoms in total. The van der Waals surface area contributed by atoms with E-state index in [1.54, 1.807) is 0 Å². The number of amides is 1. The van der Waals surface area contributed by atoms with Crippen LogP contribution in [-0.4, -0.2) is 19.2 Å². The van der Waals surface area contributed by atoms with Gasteiger partial charge in [-0.15, -0.1) is 0 Å². The van der Waals surface area contributed by atoms with Gasteiger partial charge in [0.2, 0.25) is 0 Å². The Kier molecular flexibility index (Phi) is 5.76. The van der Waals surface area contributed by atoms with Gasteiger partial charge in [0.15, 0.2) is 0 Å². The summed E-state index contributed by atoms with van der Waals surface area (Å²) < 4.78 is 5.55. The van der Waals surface area contributed by atoms with Gasteiger partial charge >= 0.3 is 6.09 Å². The molecule has 0 atom stereocenters. The summed E-state index contributed by atoms with van der Waals surface area (Å²) in [5.74, 6) is 0.0918. The molecule has 0 bridgehead atoms. The van der Waals surface area contributed by atoms with Crippen LogP contribution in [-0.2, 0) is 4.74 Å². The van der Waals surface area contributed by atoms with Crippen LogP contribution in [0.5, 0.6) is 0 Å². The van der Waals surface area contributed by atoms with Crippen LogP contribution in [0.2, 0.25) is 0 Å². The average Bonchev–Trinajstić information content (AvgIpc) is 3.07. The van der Waals surface area contributed by atoms with E-state index in [0.717, 1.165) is 6.42 Å². The molecule has 1 aliphatic carbocycles. The molecule has 0 aliphatic heterocycles. The molecule has 0 heterocycles. The highest BCUT2D eigenvalue weighted by molar-refractivity contribution is 5.79. The molecule has 29 heavy (non-hydrogen) atoms. The van der Waals surface area contributed by atoms with Crippen molar-refractivity contribution in [3.05, 3.63) is 101 Å². The number of rotatable bonds is 6. The minimum absolute atomic E-state index is 0.0918. The third-order valence-corrected chi connectivity index (χ3v) is 5.41. The van der Waals surface area contributed by atoms with Crippen LogP contribution >= 0.6 is 0 Å². The topological polar surface area (TPSA) is 38.3 Å². The molecule has 0 saturated carbocycles. The first kappa shape index (κ1) is 19.0. The van der Waals surface area contributed by atoms with Gasteiger partial charge in [0.1, 0.15) is 6.61 Å². The van der Waals surface area contributed by atoms with Crippen molar-refractivity contribution in [1.29, 1.82) is 0 Å². The van der Waals surface area contributed by atoms with Gasteiger partial charge in [-0.2, -0.15) is 0 Å². The molecule has 0 spiro atoms. The summed E-state index contributed by atoms with van der Waals surface area (Å²) in [6, 6.07) is 24.9. The van der Waals surface area contributed by atoms with Gasteiger partial charge in [-0.3, -0.25) is 0 Å². The SMILES string of the molecule is Cc1ccccc1C=CCCNC(=O)OCC1c2ccccc2-c2ccccc21. The van der Waals surface area contributed by atoms with E-state index in [9.17, 15) is 4.79 Å². The summed E-state index contributed by atoms with van der Waals surface area (Å²) in [4.78, 5) is 12.2. The van der Waals surface area contributed by atoms with Crippen LogP contribution in [0.1, 0.15) is 34.6 Å². The quantitative estimate of drug-likeness (QED) is 0.535. The average molecular weight is 383 g/mol. The number of benzene rings is 3. The summed E-state index contributed by atoms with van der Waals surface area (Å²) >= 11 is 0. The molecule has 0 saturated heterocycles. The van der Waals surface area contributed by atoms with Crippen molar-refractivity contribution >= 4 is 12.2 Å². The fraction of sp³-hybridized carbons (Fsp3) is 0.192. The molecule has 0 aromatic heterocycles. The third-order valence-electron chi connectivity index (χ3n) is 5.41. The second kappa shape index (κ2) is 8.78. The molecule has 4 rings (SSSR count). The fourth-order valence-electron chi connectivity index (χ4n) is 3.89. The summed E-state index contributed by atoms with van der Waals surface area (Å²) in [5.41, 5.74) is 7.36. The van der Waals surface area contributed by atoms with E-state index in [-0.39, 0.29) is 12.0 Å². The normalized spacial score (nSPS) is 12.6. The predicted octanol–water partition coefficient (Wildman–Crippen LogP) is 5.94. The molecule has 1 aliphatic rings. The molecule has 3 aromatic carbocycles. The molecule has 1 amide bonds. The monoisotopic (exact) mass is 383 g/mol. The highest BCUT2D eigenvalue weighted by atomic mass is 16.5. The Morgan fingerprint density at radius 2 is 1.55 bits per heavy atom. The van der Waals surface area contributed by atoms with Gasteiger partial charge in [-0.25, -0.2) is 4.79 Å². The maximum atomic E-state index is 12.2. The van der Waals surface area contributed by atoms with E-state index in [0.29, 0.717) is 13.2 Å². The van der Waals surface area contributed by atoms with Crippen LogP contribution in [0.3, 0.4) is 0 Å². The summed E-state index contributed by atoms with van der Waals surface area (Å²) in [5, 5.41) is 2.84. The highest BCUT2D eigenvalue weighted by Gasteiger charge is 2.28. The maximum Gasteiger partial charge on any atom is 0.407 e. The number of alkyl carbamates (subject to hydrolysis) is 1. The molecular weight excluding hydrogens is 358 g/mol. The Hall–Kier alpha value is -3.33. The molecular formula is C26H25NO2. The van der Waals surface area contributed by atoms with Crippen molar-refractivity contribution < 1.29 is 9.53 Å². The highest BCUT2D eigenvalue weighted by Crippen LogP contribution is 2.44. The second-order valence-corrected chi connectivity index (χ2v) is 7.30. The zero-order valence-electron chi connectivity index (χ0n) is 16.6. The Labute approximate surface area is 172 Å². The Balaban J connectivity index is 1.29. The molecule has 0 unspecified atom stereocenters. The van der Waals surface area contributed by atoms with Crippen LogP contribution < -0.4 is 5.32 Å². The number of hydrogen-bond acceptors (Lipinski definition) is 2. The summed E-state index contributed by atoms with van der Waals surface area (Å²) in [6.45, 7) is 2.99. The van der Waals surface area contributed by atoms with Crippen LogP contribution in [0.25, 0.3) is 17.2 Å². The minimum atomic E-state index is -0.365. The second-order valence-electron chi connectivity index (χ2n) is 7.30. The molecule has 0 radical (unpaired) electrons. The lowest BCUT2D eigenvalue weighted by molar-refractivity contribution is 0.143. The summed E-state index contributed by atoms with van der Waals surface area (Å²) in [7, 11) is 0. The lowest BCUT2D eigenvalue weighted by atomic mass is 9.98. The van der Waals surface area contributed by atoms with Crippen LogP contribution in [0.15, 0.2) is 78.9 Å². The Bertz CT molecular complexity index is 993. The van der Waals surface area contributed by atoms with E-state index in [4.69, 9.17) is 4.74 Å². The molecule has 1 N–H and O–H groups in total. The predicted molar refractivity (Wildman–Crippen MR) is 118 cm³/mol. The number of carbonyl (C=O) groups excluding carboxylic acids is 1. The lowest BCUT2D eigenvalue weighted by Crippen LogP contribution is -2.26. The molecule has 0 fully saturated rings. The van der Waals surface area contributed by atoms with E-state index in [1.165, 1.54) is 33.4 Å². The zero-order chi connectivity index (χ0) is 20.1. The van der Waals surface area contributed by atoms with Crippen molar-refractivity contribution in [3.8, 4) is 11.1 Å². The number of carbonyl (C=O) groups is 1. The first-order chi connectivity index (χ1) is 14.2. The van der Waals surface area contributed by atoms with E-state index in [1.807, 2.05) is 24.3 Å². The van der Waals surface area contributed by atoms with Gasteiger partial charge in [0.25, 0.3) is 0 Å². The number of fused-ring (bicyclic) bond motifs is 3. The van der Waals surface area contributed by atoms with Gasteiger partial charge in [-0.05, 0) is 46.7 Å².